The number of benzene rings is 2. The normalized spacial score (nSPS) is 19.1. The summed E-state index contributed by atoms with van der Waals surface area (Å²) in [7, 11) is 3.40. The predicted octanol–water partition coefficient (Wildman–Crippen LogP) is 3.71. The van der Waals surface area contributed by atoms with Crippen LogP contribution in [0.3, 0.4) is 0 Å². The second-order valence-corrected chi connectivity index (χ2v) is 8.24. The van der Waals surface area contributed by atoms with Crippen LogP contribution in [0, 0.1) is 12.8 Å². The van der Waals surface area contributed by atoms with Gasteiger partial charge in [-0.25, -0.2) is 0 Å². The van der Waals surface area contributed by atoms with Crippen LogP contribution in [0.15, 0.2) is 48.5 Å². The number of hydrogen-bond donors (Lipinski definition) is 0. The first kappa shape index (κ1) is 22.3. The van der Waals surface area contributed by atoms with Gasteiger partial charge in [-0.15, -0.1) is 0 Å². The zero-order chi connectivity index (χ0) is 21.5. The number of nitrogens with zero attached hydrogens (tertiary/aromatic N) is 2. The molecule has 1 saturated heterocycles. The number of methoxy groups -OCH3 is 2. The minimum Gasteiger partial charge on any atom is -0.496 e. The Balaban J connectivity index is 1.80. The first-order chi connectivity index (χ1) is 14.5. The van der Waals surface area contributed by atoms with Crippen molar-refractivity contribution in [1.29, 1.82) is 0 Å². The van der Waals surface area contributed by atoms with Gasteiger partial charge in [0.1, 0.15) is 5.75 Å². The second-order valence-electron chi connectivity index (χ2n) is 8.24. The third kappa shape index (κ3) is 5.61. The third-order valence-electron chi connectivity index (χ3n) is 6.07. The van der Waals surface area contributed by atoms with Crippen molar-refractivity contribution in [3.63, 3.8) is 0 Å². The van der Waals surface area contributed by atoms with Gasteiger partial charge < -0.3 is 14.4 Å². The van der Waals surface area contributed by atoms with E-state index < -0.39 is 0 Å². The minimum absolute atomic E-state index is 0.109. The zero-order valence-corrected chi connectivity index (χ0v) is 18.6. The molecule has 5 heteroatoms. The predicted molar refractivity (Wildman–Crippen MR) is 120 cm³/mol. The Morgan fingerprint density at radius 3 is 2.50 bits per heavy atom. The molecule has 0 bridgehead atoms. The number of carbonyl (C=O) groups excluding carboxylic acids is 1. The number of likely N-dealkylation sites (tertiary alicyclic amines) is 1. The van der Waals surface area contributed by atoms with Gasteiger partial charge in [-0.2, -0.15) is 0 Å². The molecular weight excluding hydrogens is 376 g/mol. The van der Waals surface area contributed by atoms with Gasteiger partial charge in [-0.1, -0.05) is 48.0 Å². The second kappa shape index (κ2) is 10.6. The smallest absolute Gasteiger partial charge is 0.219 e. The largest absolute Gasteiger partial charge is 0.496 e. The van der Waals surface area contributed by atoms with Crippen molar-refractivity contribution in [3.05, 3.63) is 65.2 Å². The van der Waals surface area contributed by atoms with Crippen LogP contribution >= 0.6 is 0 Å². The van der Waals surface area contributed by atoms with E-state index in [2.05, 4.69) is 48.2 Å². The average molecular weight is 411 g/mol. The molecule has 0 N–H and O–H groups in total. The monoisotopic (exact) mass is 410 g/mol. The Morgan fingerprint density at radius 1 is 1.10 bits per heavy atom. The first-order valence-corrected chi connectivity index (χ1v) is 10.7. The van der Waals surface area contributed by atoms with Crippen LogP contribution in [-0.4, -0.2) is 62.7 Å². The van der Waals surface area contributed by atoms with Gasteiger partial charge in [-0.05, 0) is 24.5 Å². The number of rotatable bonds is 9. The number of hydrogen-bond acceptors (Lipinski definition) is 4. The summed E-state index contributed by atoms with van der Waals surface area (Å²) < 4.78 is 10.8. The highest BCUT2D eigenvalue weighted by molar-refractivity contribution is 5.73. The van der Waals surface area contributed by atoms with Crippen molar-refractivity contribution in [2.45, 2.75) is 26.3 Å². The molecule has 1 fully saturated rings. The molecule has 30 heavy (non-hydrogen) atoms. The van der Waals surface area contributed by atoms with Crippen molar-refractivity contribution in [1.82, 2.24) is 9.80 Å². The Bertz CT molecular complexity index is 821. The summed E-state index contributed by atoms with van der Waals surface area (Å²) in [6, 6.07) is 17.1. The lowest BCUT2D eigenvalue weighted by molar-refractivity contribution is -0.130. The molecule has 5 nitrogen and oxygen atoms in total. The molecule has 1 aliphatic rings. The quantitative estimate of drug-likeness (QED) is 0.632. The summed E-state index contributed by atoms with van der Waals surface area (Å²) in [5.74, 6) is 1.81. The molecule has 3 rings (SSSR count). The fourth-order valence-corrected chi connectivity index (χ4v) is 4.40. The lowest BCUT2D eigenvalue weighted by Gasteiger charge is -2.27. The molecule has 2 atom stereocenters. The van der Waals surface area contributed by atoms with E-state index in [-0.39, 0.29) is 5.91 Å². The van der Waals surface area contributed by atoms with Crippen LogP contribution in [0.25, 0.3) is 0 Å². The summed E-state index contributed by atoms with van der Waals surface area (Å²) in [4.78, 5) is 16.6. The maximum atomic E-state index is 12.2. The van der Waals surface area contributed by atoms with E-state index in [0.717, 1.165) is 31.9 Å². The Hall–Kier alpha value is -2.37. The molecule has 0 aromatic heterocycles. The van der Waals surface area contributed by atoms with Gasteiger partial charge in [0, 0.05) is 58.2 Å². The van der Waals surface area contributed by atoms with Crippen LogP contribution in [-0.2, 0) is 16.1 Å². The molecule has 0 aliphatic carbocycles. The summed E-state index contributed by atoms with van der Waals surface area (Å²) in [5.41, 5.74) is 3.82. The topological polar surface area (TPSA) is 42.0 Å². The van der Waals surface area contributed by atoms with Crippen molar-refractivity contribution in [2.24, 2.45) is 5.92 Å². The molecule has 1 amide bonds. The Labute approximate surface area is 180 Å². The van der Waals surface area contributed by atoms with Crippen LogP contribution in [0.1, 0.15) is 29.5 Å². The van der Waals surface area contributed by atoms with Gasteiger partial charge in [0.05, 0.1) is 13.7 Å². The molecule has 162 valence electrons. The number of carbonyl (C=O) groups is 1. The SMILES string of the molecule is COCCN(CC1CN(Cc2ccccc2OC)CC1c1ccc(C)cc1)C(C)=O. The first-order valence-electron chi connectivity index (χ1n) is 10.7. The average Bonchev–Trinajstić information content (AvgIpc) is 3.14. The standard InChI is InChI=1S/C25H34N2O3/c1-19-9-11-21(12-10-19)24-18-26(15-22-7-5-6-8-25(22)30-4)16-23(24)17-27(20(2)28)13-14-29-3/h5-12,23-24H,13-18H2,1-4H3. The molecule has 0 radical (unpaired) electrons. The summed E-state index contributed by atoms with van der Waals surface area (Å²) >= 11 is 0. The summed E-state index contributed by atoms with van der Waals surface area (Å²) in [6.07, 6.45) is 0. The maximum Gasteiger partial charge on any atom is 0.219 e. The van der Waals surface area contributed by atoms with Crippen molar-refractivity contribution >= 4 is 5.91 Å². The maximum absolute atomic E-state index is 12.2. The van der Waals surface area contributed by atoms with Gasteiger partial charge in [0.2, 0.25) is 5.91 Å². The molecule has 0 spiro atoms. The van der Waals surface area contributed by atoms with E-state index in [9.17, 15) is 4.79 Å². The third-order valence-corrected chi connectivity index (χ3v) is 6.07. The van der Waals surface area contributed by atoms with Gasteiger partial charge in [0.25, 0.3) is 0 Å². The highest BCUT2D eigenvalue weighted by Crippen LogP contribution is 2.35. The molecule has 0 saturated carbocycles. The fourth-order valence-electron chi connectivity index (χ4n) is 4.40. The molecule has 1 aliphatic heterocycles. The molecule has 2 aromatic rings. The van der Waals surface area contributed by atoms with E-state index in [1.807, 2.05) is 17.0 Å². The van der Waals surface area contributed by atoms with E-state index >= 15 is 0 Å². The van der Waals surface area contributed by atoms with Crippen molar-refractivity contribution in [3.8, 4) is 5.75 Å². The Morgan fingerprint density at radius 2 is 1.83 bits per heavy atom. The van der Waals surface area contributed by atoms with Crippen LogP contribution < -0.4 is 4.74 Å². The fraction of sp³-hybridized carbons (Fsp3) is 0.480. The summed E-state index contributed by atoms with van der Waals surface area (Å²) in [5, 5.41) is 0. The molecule has 2 aromatic carbocycles. The molecule has 1 heterocycles. The minimum atomic E-state index is 0.109. The van der Waals surface area contributed by atoms with E-state index in [1.165, 1.54) is 16.7 Å². The number of ether oxygens (including phenoxy) is 2. The number of para-hydroxylation sites is 1. The van der Waals surface area contributed by atoms with Gasteiger partial charge in [-0.3, -0.25) is 9.69 Å². The molecular formula is C25H34N2O3. The number of amides is 1. The summed E-state index contributed by atoms with van der Waals surface area (Å²) in [6.45, 7) is 8.49. The lowest BCUT2D eigenvalue weighted by atomic mass is 9.88. The Kier molecular flexibility index (Phi) is 7.88. The van der Waals surface area contributed by atoms with Gasteiger partial charge >= 0.3 is 0 Å². The lowest BCUT2D eigenvalue weighted by Crippen LogP contribution is -2.38. The van der Waals surface area contributed by atoms with Crippen LogP contribution in [0.4, 0.5) is 0 Å². The van der Waals surface area contributed by atoms with Crippen LogP contribution in [0.5, 0.6) is 5.75 Å². The van der Waals surface area contributed by atoms with Crippen LogP contribution in [0.2, 0.25) is 0 Å². The highest BCUT2D eigenvalue weighted by Gasteiger charge is 2.35. The van der Waals surface area contributed by atoms with Crippen molar-refractivity contribution < 1.29 is 14.3 Å². The highest BCUT2D eigenvalue weighted by atomic mass is 16.5. The van der Waals surface area contributed by atoms with Gasteiger partial charge in [0.15, 0.2) is 0 Å². The van der Waals surface area contributed by atoms with E-state index in [0.29, 0.717) is 25.0 Å². The van der Waals surface area contributed by atoms with Crippen molar-refractivity contribution in [2.75, 3.05) is 47.0 Å². The van der Waals surface area contributed by atoms with E-state index in [4.69, 9.17) is 9.47 Å². The van der Waals surface area contributed by atoms with E-state index in [1.54, 1.807) is 21.1 Å². The zero-order valence-electron chi connectivity index (χ0n) is 18.6. The molecule has 2 unspecified atom stereocenters. The number of aryl methyl sites for hydroxylation is 1.